The van der Waals surface area contributed by atoms with Gasteiger partial charge in [-0.2, -0.15) is 4.31 Å². The summed E-state index contributed by atoms with van der Waals surface area (Å²) in [5.74, 6) is -2.89. The normalized spacial score (nSPS) is 25.7. The van der Waals surface area contributed by atoms with Crippen molar-refractivity contribution in [2.45, 2.75) is 74.9 Å². The third-order valence-electron chi connectivity index (χ3n) is 8.65. The number of carbonyl (C=O) groups is 1. The Morgan fingerprint density at radius 1 is 1.11 bits per heavy atom. The fraction of sp³-hybridized carbons (Fsp3) is 0.500. The van der Waals surface area contributed by atoms with E-state index in [0.29, 0.717) is 6.54 Å². The summed E-state index contributed by atoms with van der Waals surface area (Å²) in [6.07, 6.45) is 1.54. The highest BCUT2D eigenvalue weighted by molar-refractivity contribution is 7.89. The maximum Gasteiger partial charge on any atom is 0.248 e. The van der Waals surface area contributed by atoms with Gasteiger partial charge in [0.25, 0.3) is 0 Å². The van der Waals surface area contributed by atoms with Crippen LogP contribution in [0.2, 0.25) is 0 Å². The van der Waals surface area contributed by atoms with E-state index in [2.05, 4.69) is 4.98 Å². The predicted octanol–water partition coefficient (Wildman–Crippen LogP) is 5.61. The third kappa shape index (κ3) is 4.64. The molecule has 6 nitrogen and oxygen atoms in total. The second-order valence-corrected chi connectivity index (χ2v) is 13.8. The zero-order valence-corrected chi connectivity index (χ0v) is 22.9. The molecule has 0 N–H and O–H groups in total. The van der Waals surface area contributed by atoms with Gasteiger partial charge < -0.3 is 4.90 Å². The highest BCUT2D eigenvalue weighted by Gasteiger charge is 2.56. The van der Waals surface area contributed by atoms with E-state index < -0.39 is 22.0 Å². The molecular weight excluding hydrogens is 528 g/mol. The zero-order valence-electron chi connectivity index (χ0n) is 21.2. The first kappa shape index (κ1) is 25.8. The minimum absolute atomic E-state index is 0.0451. The highest BCUT2D eigenvalue weighted by atomic mass is 32.2. The van der Waals surface area contributed by atoms with Crippen molar-refractivity contribution < 1.29 is 22.0 Å². The summed E-state index contributed by atoms with van der Waals surface area (Å²) in [6.45, 7) is 2.46. The number of hydrogen-bond donors (Lipinski definition) is 0. The summed E-state index contributed by atoms with van der Waals surface area (Å²) in [5, 5.41) is 0. The van der Waals surface area contributed by atoms with Crippen LogP contribution in [0.4, 0.5) is 8.78 Å². The highest BCUT2D eigenvalue weighted by Crippen LogP contribution is 2.48. The van der Waals surface area contributed by atoms with Crippen LogP contribution in [0.25, 0.3) is 10.2 Å². The van der Waals surface area contributed by atoms with E-state index in [-0.39, 0.29) is 60.9 Å². The molecule has 1 saturated heterocycles. The fourth-order valence-electron chi connectivity index (χ4n) is 6.29. The lowest BCUT2D eigenvalue weighted by Crippen LogP contribution is -2.54. The number of hydrogen-bond acceptors (Lipinski definition) is 5. The number of fused-ring (bicyclic) bond motifs is 2. The number of rotatable bonds is 6. The topological polar surface area (TPSA) is 70.6 Å². The number of nitrogens with zero attached hydrogens (tertiary/aromatic N) is 3. The molecule has 3 fully saturated rings. The first-order valence-electron chi connectivity index (χ1n) is 13.2. The summed E-state index contributed by atoms with van der Waals surface area (Å²) < 4.78 is 58.1. The second-order valence-electron chi connectivity index (χ2n) is 11.0. The molecule has 0 radical (unpaired) electrons. The van der Waals surface area contributed by atoms with Gasteiger partial charge in [-0.3, -0.25) is 4.79 Å². The number of benzene rings is 2. The van der Waals surface area contributed by atoms with Crippen LogP contribution in [-0.4, -0.2) is 53.1 Å². The van der Waals surface area contributed by atoms with Crippen molar-refractivity contribution in [3.05, 3.63) is 59.1 Å². The Bertz CT molecular complexity index is 1450. The molecule has 3 atom stereocenters. The van der Waals surface area contributed by atoms with Gasteiger partial charge in [0.15, 0.2) is 0 Å². The largest absolute Gasteiger partial charge is 0.334 e. The van der Waals surface area contributed by atoms with Crippen LogP contribution in [0.5, 0.6) is 0 Å². The third-order valence-corrected chi connectivity index (χ3v) is 11.3. The number of aromatic nitrogens is 1. The van der Waals surface area contributed by atoms with Gasteiger partial charge in [-0.15, -0.1) is 11.3 Å². The Kier molecular flexibility index (Phi) is 6.55. The summed E-state index contributed by atoms with van der Waals surface area (Å²) >= 11 is 1.53. The van der Waals surface area contributed by atoms with Crippen molar-refractivity contribution in [1.29, 1.82) is 0 Å². The molecule has 3 aliphatic rings. The monoisotopic (exact) mass is 559 g/mol. The minimum Gasteiger partial charge on any atom is -0.334 e. The molecule has 1 aliphatic heterocycles. The first-order valence-corrected chi connectivity index (χ1v) is 15.5. The van der Waals surface area contributed by atoms with Crippen LogP contribution in [0.1, 0.15) is 49.7 Å². The molecule has 2 aromatic carbocycles. The summed E-state index contributed by atoms with van der Waals surface area (Å²) in [6, 6.07) is 11.4. The molecule has 202 valence electrons. The van der Waals surface area contributed by atoms with Gasteiger partial charge >= 0.3 is 0 Å². The molecule has 6 rings (SSSR count). The van der Waals surface area contributed by atoms with E-state index >= 15 is 0 Å². The molecule has 2 aliphatic carbocycles. The number of alkyl halides is 2. The maximum absolute atomic E-state index is 14.4. The van der Waals surface area contributed by atoms with Gasteiger partial charge in [0.05, 0.1) is 20.6 Å². The molecule has 0 bridgehead atoms. The molecule has 38 heavy (non-hydrogen) atoms. The number of carbonyl (C=O) groups excluding carboxylic acids is 1. The molecule has 0 spiro atoms. The lowest BCUT2D eigenvalue weighted by molar-refractivity contribution is -0.143. The van der Waals surface area contributed by atoms with E-state index in [1.165, 1.54) is 15.6 Å². The van der Waals surface area contributed by atoms with Gasteiger partial charge in [-0.25, -0.2) is 22.2 Å². The standard InChI is InChI=1S/C28H31F2N3O3S2/c1-18-2-6-22(7-3-18)38(35,36)33-16-20-5-8-23(20)26(33)27(34)32(21-10-12-28(29,30)13-11-21)15-19-4-9-25-24(14-19)31-17-37-25/h2-4,6-7,9,14,17,20-21,23,26H,5,8,10-13,15-16H2,1H3/t20-,23-,26-/m0/s1. The lowest BCUT2D eigenvalue weighted by Gasteiger charge is -2.41. The van der Waals surface area contributed by atoms with Gasteiger partial charge in [0.2, 0.25) is 21.9 Å². The van der Waals surface area contributed by atoms with Crippen LogP contribution in [-0.2, 0) is 21.4 Å². The average Bonchev–Trinajstić information content (AvgIpc) is 3.44. The Hall–Kier alpha value is -2.43. The van der Waals surface area contributed by atoms with Crippen LogP contribution < -0.4 is 0 Å². The van der Waals surface area contributed by atoms with Crippen molar-refractivity contribution in [2.75, 3.05) is 6.54 Å². The Balaban J connectivity index is 1.34. The average molecular weight is 560 g/mol. The first-order chi connectivity index (χ1) is 18.1. The second kappa shape index (κ2) is 9.64. The number of aryl methyl sites for hydroxylation is 1. The SMILES string of the molecule is Cc1ccc(S(=O)(=O)N2C[C@@H]3CC[C@@H]3[C@H]2C(=O)N(Cc2ccc3scnc3c2)C2CCC(F)(F)CC2)cc1. The van der Waals surface area contributed by atoms with Crippen LogP contribution in [0.15, 0.2) is 52.9 Å². The Morgan fingerprint density at radius 3 is 2.53 bits per heavy atom. The number of thiazole rings is 1. The smallest absolute Gasteiger partial charge is 0.248 e. The summed E-state index contributed by atoms with van der Waals surface area (Å²) in [7, 11) is -3.90. The molecule has 3 aromatic rings. The van der Waals surface area contributed by atoms with Crippen molar-refractivity contribution >= 4 is 37.5 Å². The molecule has 1 amide bonds. The Morgan fingerprint density at radius 2 is 1.84 bits per heavy atom. The summed E-state index contributed by atoms with van der Waals surface area (Å²) in [5.41, 5.74) is 4.42. The van der Waals surface area contributed by atoms with E-state index in [9.17, 15) is 22.0 Å². The van der Waals surface area contributed by atoms with Gasteiger partial charge in [0, 0.05) is 32.0 Å². The predicted molar refractivity (Wildman–Crippen MR) is 142 cm³/mol. The number of halogens is 2. The van der Waals surface area contributed by atoms with E-state index in [1.807, 2.05) is 25.1 Å². The van der Waals surface area contributed by atoms with Crippen molar-refractivity contribution in [2.24, 2.45) is 11.8 Å². The quantitative estimate of drug-likeness (QED) is 0.394. The summed E-state index contributed by atoms with van der Waals surface area (Å²) in [4.78, 5) is 20.6. The fourth-order valence-corrected chi connectivity index (χ4v) is 8.63. The van der Waals surface area contributed by atoms with E-state index in [1.54, 1.807) is 34.7 Å². The molecular formula is C28H31F2N3O3S2. The lowest BCUT2D eigenvalue weighted by atomic mass is 9.72. The molecule has 1 aromatic heterocycles. The number of amides is 1. The van der Waals surface area contributed by atoms with Crippen LogP contribution in [0.3, 0.4) is 0 Å². The van der Waals surface area contributed by atoms with Crippen LogP contribution >= 0.6 is 11.3 Å². The maximum atomic E-state index is 14.4. The van der Waals surface area contributed by atoms with E-state index in [4.69, 9.17) is 0 Å². The van der Waals surface area contributed by atoms with Gasteiger partial charge in [-0.05, 0) is 74.3 Å². The van der Waals surface area contributed by atoms with Crippen molar-refractivity contribution in [3.8, 4) is 0 Å². The van der Waals surface area contributed by atoms with Gasteiger partial charge in [-0.1, -0.05) is 23.8 Å². The molecule has 2 heterocycles. The van der Waals surface area contributed by atoms with Crippen LogP contribution in [0, 0.1) is 18.8 Å². The molecule has 10 heteroatoms. The van der Waals surface area contributed by atoms with Crippen molar-refractivity contribution in [3.63, 3.8) is 0 Å². The van der Waals surface area contributed by atoms with Crippen molar-refractivity contribution in [1.82, 2.24) is 14.2 Å². The number of sulfonamides is 1. The van der Waals surface area contributed by atoms with E-state index in [0.717, 1.165) is 34.2 Å². The Labute approximate surface area is 225 Å². The minimum atomic E-state index is -3.90. The zero-order chi connectivity index (χ0) is 26.7. The molecule has 0 unspecified atom stereocenters. The van der Waals surface area contributed by atoms with Gasteiger partial charge in [0.1, 0.15) is 6.04 Å². The molecule has 2 saturated carbocycles.